The smallest absolute Gasteiger partial charge is 0.407 e. The number of carboxylic acid groups (broad SMARTS) is 1. The third-order valence-electron chi connectivity index (χ3n) is 3.12. The van der Waals surface area contributed by atoms with Crippen molar-refractivity contribution in [1.82, 2.24) is 14.7 Å². The molecule has 17 heavy (non-hydrogen) atoms. The average Bonchev–Trinajstić information content (AvgIpc) is 2.78. The molecule has 6 heteroatoms. The SMILES string of the molecule is CC(=O)n1ccc(C2CCN(C(=O)O)CC2)n1. The Hall–Kier alpha value is -1.85. The molecule has 1 saturated heterocycles. The van der Waals surface area contributed by atoms with Gasteiger partial charge in [-0.2, -0.15) is 5.10 Å². The summed E-state index contributed by atoms with van der Waals surface area (Å²) in [5, 5.41) is 13.0. The number of piperidine rings is 1. The van der Waals surface area contributed by atoms with Crippen LogP contribution in [0.1, 0.15) is 36.2 Å². The van der Waals surface area contributed by atoms with Crippen molar-refractivity contribution < 1.29 is 14.7 Å². The van der Waals surface area contributed by atoms with Crippen LogP contribution in [0.15, 0.2) is 12.3 Å². The molecule has 0 saturated carbocycles. The summed E-state index contributed by atoms with van der Waals surface area (Å²) in [6.07, 6.45) is 2.32. The monoisotopic (exact) mass is 237 g/mol. The normalized spacial score (nSPS) is 17.1. The van der Waals surface area contributed by atoms with Crippen LogP contribution in [-0.2, 0) is 0 Å². The van der Waals surface area contributed by atoms with Crippen molar-refractivity contribution in [1.29, 1.82) is 0 Å². The number of rotatable bonds is 1. The van der Waals surface area contributed by atoms with Gasteiger partial charge < -0.3 is 10.0 Å². The van der Waals surface area contributed by atoms with E-state index in [4.69, 9.17) is 5.11 Å². The number of carbonyl (C=O) groups excluding carboxylic acids is 1. The van der Waals surface area contributed by atoms with E-state index in [1.807, 2.05) is 6.07 Å². The van der Waals surface area contributed by atoms with E-state index < -0.39 is 6.09 Å². The lowest BCUT2D eigenvalue weighted by Crippen LogP contribution is -2.36. The molecule has 6 nitrogen and oxygen atoms in total. The van der Waals surface area contributed by atoms with Crippen molar-refractivity contribution in [3.63, 3.8) is 0 Å². The summed E-state index contributed by atoms with van der Waals surface area (Å²) in [5.41, 5.74) is 0.880. The van der Waals surface area contributed by atoms with E-state index >= 15 is 0 Å². The van der Waals surface area contributed by atoms with Gasteiger partial charge in [0.15, 0.2) is 0 Å². The molecule has 2 rings (SSSR count). The van der Waals surface area contributed by atoms with E-state index in [0.717, 1.165) is 18.5 Å². The second kappa shape index (κ2) is 4.57. The predicted octanol–water partition coefficient (Wildman–Crippen LogP) is 1.40. The first-order chi connectivity index (χ1) is 8.08. The molecule has 0 bridgehead atoms. The first-order valence-electron chi connectivity index (χ1n) is 5.62. The minimum Gasteiger partial charge on any atom is -0.465 e. The Bertz CT molecular complexity index is 433. The highest BCUT2D eigenvalue weighted by Crippen LogP contribution is 2.26. The molecule has 1 N–H and O–H groups in total. The van der Waals surface area contributed by atoms with Crippen LogP contribution in [0.4, 0.5) is 4.79 Å². The molecule has 1 aromatic heterocycles. The van der Waals surface area contributed by atoms with E-state index in [-0.39, 0.29) is 11.8 Å². The van der Waals surface area contributed by atoms with Crippen LogP contribution in [0.2, 0.25) is 0 Å². The quantitative estimate of drug-likeness (QED) is 0.801. The molecule has 0 aromatic carbocycles. The number of aromatic nitrogens is 2. The number of amides is 1. The molecule has 0 spiro atoms. The zero-order chi connectivity index (χ0) is 12.4. The number of hydrogen-bond acceptors (Lipinski definition) is 3. The van der Waals surface area contributed by atoms with E-state index in [9.17, 15) is 9.59 Å². The zero-order valence-corrected chi connectivity index (χ0v) is 9.67. The lowest BCUT2D eigenvalue weighted by Gasteiger charge is -2.28. The Kier molecular flexibility index (Phi) is 3.12. The molecule has 0 unspecified atom stereocenters. The minimum atomic E-state index is -0.863. The molecule has 2 heterocycles. The third-order valence-corrected chi connectivity index (χ3v) is 3.12. The fourth-order valence-corrected chi connectivity index (χ4v) is 2.10. The molecular weight excluding hydrogens is 222 g/mol. The number of likely N-dealkylation sites (tertiary alicyclic amines) is 1. The number of nitrogens with zero attached hydrogens (tertiary/aromatic N) is 3. The van der Waals surface area contributed by atoms with Crippen LogP contribution in [0.3, 0.4) is 0 Å². The average molecular weight is 237 g/mol. The maximum atomic E-state index is 11.1. The Balaban J connectivity index is 2.00. The maximum absolute atomic E-state index is 11.1. The zero-order valence-electron chi connectivity index (χ0n) is 9.67. The van der Waals surface area contributed by atoms with Gasteiger partial charge in [-0.25, -0.2) is 9.48 Å². The van der Waals surface area contributed by atoms with Gasteiger partial charge in [0.1, 0.15) is 0 Å². The molecule has 0 aliphatic carbocycles. The van der Waals surface area contributed by atoms with Gasteiger partial charge in [0.25, 0.3) is 0 Å². The van der Waals surface area contributed by atoms with Crippen LogP contribution in [0.25, 0.3) is 0 Å². The molecule has 0 radical (unpaired) electrons. The molecule has 1 amide bonds. The van der Waals surface area contributed by atoms with Crippen molar-refractivity contribution in [3.8, 4) is 0 Å². The van der Waals surface area contributed by atoms with E-state index in [0.29, 0.717) is 13.1 Å². The van der Waals surface area contributed by atoms with Crippen molar-refractivity contribution in [2.24, 2.45) is 0 Å². The van der Waals surface area contributed by atoms with Gasteiger partial charge in [-0.1, -0.05) is 0 Å². The van der Waals surface area contributed by atoms with Gasteiger partial charge in [-0.15, -0.1) is 0 Å². The summed E-state index contributed by atoms with van der Waals surface area (Å²) in [7, 11) is 0. The molecular formula is C11H15N3O3. The van der Waals surface area contributed by atoms with Crippen molar-refractivity contribution in [2.45, 2.75) is 25.7 Å². The molecule has 1 aliphatic rings. The van der Waals surface area contributed by atoms with Gasteiger partial charge in [0.05, 0.1) is 5.69 Å². The maximum Gasteiger partial charge on any atom is 0.407 e. The Morgan fingerprint density at radius 1 is 1.41 bits per heavy atom. The first-order valence-corrected chi connectivity index (χ1v) is 5.62. The summed E-state index contributed by atoms with van der Waals surface area (Å²) >= 11 is 0. The standard InChI is InChI=1S/C11H15N3O3/c1-8(15)14-7-4-10(12-14)9-2-5-13(6-3-9)11(16)17/h4,7,9H,2-3,5-6H2,1H3,(H,16,17). The highest BCUT2D eigenvalue weighted by Gasteiger charge is 2.24. The van der Waals surface area contributed by atoms with Gasteiger partial charge in [0, 0.05) is 32.1 Å². The third kappa shape index (κ3) is 2.46. The Morgan fingerprint density at radius 3 is 2.53 bits per heavy atom. The van der Waals surface area contributed by atoms with Crippen LogP contribution >= 0.6 is 0 Å². The Morgan fingerprint density at radius 2 is 2.06 bits per heavy atom. The Labute approximate surface area is 98.8 Å². The summed E-state index contributed by atoms with van der Waals surface area (Å²) in [4.78, 5) is 23.3. The van der Waals surface area contributed by atoms with Crippen molar-refractivity contribution >= 4 is 12.0 Å². The van der Waals surface area contributed by atoms with Gasteiger partial charge >= 0.3 is 6.09 Å². The summed E-state index contributed by atoms with van der Waals surface area (Å²) < 4.78 is 1.32. The fraction of sp³-hybridized carbons (Fsp3) is 0.545. The van der Waals surface area contributed by atoms with Crippen molar-refractivity contribution in [3.05, 3.63) is 18.0 Å². The van der Waals surface area contributed by atoms with Gasteiger partial charge in [0.2, 0.25) is 5.91 Å². The van der Waals surface area contributed by atoms with Crippen LogP contribution in [-0.4, -0.2) is 44.9 Å². The largest absolute Gasteiger partial charge is 0.465 e. The predicted molar refractivity (Wildman–Crippen MR) is 60.1 cm³/mol. The van der Waals surface area contributed by atoms with Crippen LogP contribution in [0, 0.1) is 0 Å². The summed E-state index contributed by atoms with van der Waals surface area (Å²) in [5.74, 6) is 0.144. The second-order valence-electron chi connectivity index (χ2n) is 4.25. The highest BCUT2D eigenvalue weighted by molar-refractivity contribution is 5.74. The molecule has 92 valence electrons. The lowest BCUT2D eigenvalue weighted by molar-refractivity contribution is 0.0920. The van der Waals surface area contributed by atoms with Gasteiger partial charge in [-0.05, 0) is 18.9 Å². The topological polar surface area (TPSA) is 75.4 Å². The van der Waals surface area contributed by atoms with Crippen LogP contribution < -0.4 is 0 Å². The second-order valence-corrected chi connectivity index (χ2v) is 4.25. The van der Waals surface area contributed by atoms with E-state index in [2.05, 4.69) is 5.10 Å². The number of hydrogen-bond donors (Lipinski definition) is 1. The fourth-order valence-electron chi connectivity index (χ4n) is 2.10. The summed E-state index contributed by atoms with van der Waals surface area (Å²) in [6.45, 7) is 2.53. The summed E-state index contributed by atoms with van der Waals surface area (Å²) in [6, 6.07) is 1.84. The van der Waals surface area contributed by atoms with Crippen LogP contribution in [0.5, 0.6) is 0 Å². The lowest BCUT2D eigenvalue weighted by atomic mass is 9.94. The minimum absolute atomic E-state index is 0.112. The van der Waals surface area contributed by atoms with E-state index in [1.54, 1.807) is 6.20 Å². The molecule has 1 aromatic rings. The van der Waals surface area contributed by atoms with E-state index in [1.165, 1.54) is 16.5 Å². The number of carbonyl (C=O) groups is 2. The molecule has 0 atom stereocenters. The molecule has 1 fully saturated rings. The molecule has 1 aliphatic heterocycles. The highest BCUT2D eigenvalue weighted by atomic mass is 16.4. The first kappa shape index (κ1) is 11.6. The van der Waals surface area contributed by atoms with Crippen molar-refractivity contribution in [2.75, 3.05) is 13.1 Å². The van der Waals surface area contributed by atoms with Gasteiger partial charge in [-0.3, -0.25) is 4.79 Å².